The van der Waals surface area contributed by atoms with Crippen molar-refractivity contribution in [2.45, 2.75) is 52.0 Å². The molecule has 17 heavy (non-hydrogen) atoms. The Kier molecular flexibility index (Phi) is 5.92. The van der Waals surface area contributed by atoms with Crippen molar-refractivity contribution in [1.29, 1.82) is 0 Å². The molecule has 0 aromatic carbocycles. The predicted molar refractivity (Wildman–Crippen MR) is 68.8 cm³/mol. The van der Waals surface area contributed by atoms with Crippen molar-refractivity contribution in [3.8, 4) is 0 Å². The SMILES string of the molecule is CCCC1(C(=O)NC(CC)CO)CCNCC1. The highest BCUT2D eigenvalue weighted by Crippen LogP contribution is 2.34. The van der Waals surface area contributed by atoms with E-state index in [1.165, 1.54) is 0 Å². The van der Waals surface area contributed by atoms with E-state index in [2.05, 4.69) is 17.6 Å². The van der Waals surface area contributed by atoms with Gasteiger partial charge in [0.2, 0.25) is 5.91 Å². The van der Waals surface area contributed by atoms with E-state index in [1.54, 1.807) is 0 Å². The van der Waals surface area contributed by atoms with Gasteiger partial charge in [0.15, 0.2) is 0 Å². The Balaban J connectivity index is 2.65. The summed E-state index contributed by atoms with van der Waals surface area (Å²) in [6, 6.07) is -0.0916. The largest absolute Gasteiger partial charge is 0.394 e. The van der Waals surface area contributed by atoms with Crippen molar-refractivity contribution in [3.05, 3.63) is 0 Å². The van der Waals surface area contributed by atoms with Gasteiger partial charge >= 0.3 is 0 Å². The minimum atomic E-state index is -0.206. The van der Waals surface area contributed by atoms with Gasteiger partial charge in [-0.1, -0.05) is 20.3 Å². The summed E-state index contributed by atoms with van der Waals surface area (Å²) in [5.74, 6) is 0.141. The first-order valence-corrected chi connectivity index (χ1v) is 6.81. The third-order valence-electron chi connectivity index (χ3n) is 3.82. The van der Waals surface area contributed by atoms with Gasteiger partial charge in [0.25, 0.3) is 0 Å². The Labute approximate surface area is 104 Å². The minimum absolute atomic E-state index is 0.0305. The predicted octanol–water partition coefficient (Wildman–Crippen LogP) is 1.04. The first-order valence-electron chi connectivity index (χ1n) is 6.81. The van der Waals surface area contributed by atoms with Gasteiger partial charge in [0, 0.05) is 0 Å². The van der Waals surface area contributed by atoms with Gasteiger partial charge in [-0.25, -0.2) is 0 Å². The van der Waals surface area contributed by atoms with Crippen LogP contribution in [0.5, 0.6) is 0 Å². The smallest absolute Gasteiger partial charge is 0.226 e. The number of piperidine rings is 1. The van der Waals surface area contributed by atoms with Crippen LogP contribution < -0.4 is 10.6 Å². The number of hydrogen-bond donors (Lipinski definition) is 3. The normalized spacial score (nSPS) is 20.9. The summed E-state index contributed by atoms with van der Waals surface area (Å²) in [6.07, 6.45) is 4.58. The quantitative estimate of drug-likeness (QED) is 0.652. The summed E-state index contributed by atoms with van der Waals surface area (Å²) < 4.78 is 0. The molecular formula is C13H26N2O2. The van der Waals surface area contributed by atoms with Gasteiger partial charge in [-0.2, -0.15) is 0 Å². The van der Waals surface area contributed by atoms with Crippen molar-refractivity contribution in [2.24, 2.45) is 5.41 Å². The fourth-order valence-electron chi connectivity index (χ4n) is 2.59. The Hall–Kier alpha value is -0.610. The molecule has 1 unspecified atom stereocenters. The van der Waals surface area contributed by atoms with Crippen LogP contribution in [0.1, 0.15) is 46.0 Å². The summed E-state index contributed by atoms with van der Waals surface area (Å²) in [7, 11) is 0. The molecule has 3 N–H and O–H groups in total. The molecular weight excluding hydrogens is 216 g/mol. The van der Waals surface area contributed by atoms with E-state index < -0.39 is 0 Å². The third-order valence-corrected chi connectivity index (χ3v) is 3.82. The van der Waals surface area contributed by atoms with Gasteiger partial charge in [0.1, 0.15) is 0 Å². The monoisotopic (exact) mass is 242 g/mol. The summed E-state index contributed by atoms with van der Waals surface area (Å²) in [5, 5.41) is 15.5. The minimum Gasteiger partial charge on any atom is -0.394 e. The second kappa shape index (κ2) is 6.97. The molecule has 0 radical (unpaired) electrons. The lowest BCUT2D eigenvalue weighted by Crippen LogP contribution is -2.50. The first kappa shape index (κ1) is 14.5. The Bertz CT molecular complexity index is 228. The summed E-state index contributed by atoms with van der Waals surface area (Å²) in [6.45, 7) is 5.98. The molecule has 1 heterocycles. The van der Waals surface area contributed by atoms with E-state index in [0.717, 1.165) is 45.2 Å². The van der Waals surface area contributed by atoms with Crippen LogP contribution >= 0.6 is 0 Å². The van der Waals surface area contributed by atoms with Gasteiger partial charge in [-0.3, -0.25) is 4.79 Å². The summed E-state index contributed by atoms with van der Waals surface area (Å²) >= 11 is 0. The van der Waals surface area contributed by atoms with Crippen LogP contribution in [0.25, 0.3) is 0 Å². The van der Waals surface area contributed by atoms with E-state index in [9.17, 15) is 4.79 Å². The number of carbonyl (C=O) groups excluding carboxylic acids is 1. The fraction of sp³-hybridized carbons (Fsp3) is 0.923. The summed E-state index contributed by atoms with van der Waals surface area (Å²) in [4.78, 5) is 12.4. The highest BCUT2D eigenvalue weighted by molar-refractivity contribution is 5.83. The lowest BCUT2D eigenvalue weighted by atomic mass is 9.74. The number of amides is 1. The van der Waals surface area contributed by atoms with Gasteiger partial charge in [-0.15, -0.1) is 0 Å². The highest BCUT2D eigenvalue weighted by Gasteiger charge is 2.38. The second-order valence-electron chi connectivity index (χ2n) is 5.04. The molecule has 1 aliphatic heterocycles. The molecule has 0 bridgehead atoms. The maximum Gasteiger partial charge on any atom is 0.226 e. The van der Waals surface area contributed by atoms with Crippen LogP contribution in [0.2, 0.25) is 0 Å². The number of aliphatic hydroxyl groups excluding tert-OH is 1. The van der Waals surface area contributed by atoms with Gasteiger partial charge in [0.05, 0.1) is 18.1 Å². The van der Waals surface area contributed by atoms with Crippen molar-refractivity contribution in [2.75, 3.05) is 19.7 Å². The molecule has 1 amide bonds. The molecule has 0 aliphatic carbocycles. The topological polar surface area (TPSA) is 61.4 Å². The molecule has 0 saturated carbocycles. The summed E-state index contributed by atoms with van der Waals surface area (Å²) in [5.41, 5.74) is -0.206. The second-order valence-corrected chi connectivity index (χ2v) is 5.04. The van der Waals surface area contributed by atoms with Crippen molar-refractivity contribution < 1.29 is 9.90 Å². The van der Waals surface area contributed by atoms with E-state index >= 15 is 0 Å². The average molecular weight is 242 g/mol. The lowest BCUT2D eigenvalue weighted by Gasteiger charge is -2.37. The van der Waals surface area contributed by atoms with Gasteiger partial charge in [-0.05, 0) is 38.8 Å². The van der Waals surface area contributed by atoms with Gasteiger partial charge < -0.3 is 15.7 Å². The maximum absolute atomic E-state index is 12.4. The van der Waals surface area contributed by atoms with Crippen molar-refractivity contribution in [1.82, 2.24) is 10.6 Å². The van der Waals surface area contributed by atoms with Crippen molar-refractivity contribution >= 4 is 5.91 Å². The highest BCUT2D eigenvalue weighted by atomic mass is 16.3. The molecule has 1 aliphatic rings. The van der Waals surface area contributed by atoms with E-state index in [-0.39, 0.29) is 24.0 Å². The number of aliphatic hydroxyl groups is 1. The molecule has 1 rings (SSSR count). The van der Waals surface area contributed by atoms with Crippen LogP contribution in [0.15, 0.2) is 0 Å². The Morgan fingerprint density at radius 3 is 2.53 bits per heavy atom. The third kappa shape index (κ3) is 3.68. The molecule has 0 aromatic rings. The Morgan fingerprint density at radius 2 is 2.06 bits per heavy atom. The lowest BCUT2D eigenvalue weighted by molar-refractivity contribution is -0.134. The standard InChI is InChI=1S/C13H26N2O2/c1-3-5-13(6-8-14-9-7-13)12(17)15-11(4-2)10-16/h11,14,16H,3-10H2,1-2H3,(H,15,17). The van der Waals surface area contributed by atoms with Crippen LogP contribution in [0.3, 0.4) is 0 Å². The first-order chi connectivity index (χ1) is 8.18. The van der Waals surface area contributed by atoms with Crippen LogP contribution in [-0.2, 0) is 4.79 Å². The number of nitrogens with one attached hydrogen (secondary N) is 2. The average Bonchev–Trinajstić information content (AvgIpc) is 2.37. The van der Waals surface area contributed by atoms with E-state index in [0.29, 0.717) is 0 Å². The molecule has 4 nitrogen and oxygen atoms in total. The molecule has 4 heteroatoms. The Morgan fingerprint density at radius 1 is 1.41 bits per heavy atom. The van der Waals surface area contributed by atoms with E-state index in [4.69, 9.17) is 5.11 Å². The molecule has 0 spiro atoms. The molecule has 0 aromatic heterocycles. The zero-order chi connectivity index (χ0) is 12.7. The van der Waals surface area contributed by atoms with Crippen LogP contribution in [-0.4, -0.2) is 36.8 Å². The van der Waals surface area contributed by atoms with Crippen molar-refractivity contribution in [3.63, 3.8) is 0 Å². The molecule has 1 fully saturated rings. The maximum atomic E-state index is 12.4. The fourth-order valence-corrected chi connectivity index (χ4v) is 2.59. The molecule has 1 atom stereocenters. The van der Waals surface area contributed by atoms with Crippen LogP contribution in [0.4, 0.5) is 0 Å². The zero-order valence-electron chi connectivity index (χ0n) is 11.1. The number of rotatable bonds is 6. The number of hydrogen-bond acceptors (Lipinski definition) is 3. The molecule has 1 saturated heterocycles. The zero-order valence-corrected chi connectivity index (χ0v) is 11.1. The van der Waals surface area contributed by atoms with Crippen LogP contribution in [0, 0.1) is 5.41 Å². The molecule has 100 valence electrons. The number of carbonyl (C=O) groups is 1. The van der Waals surface area contributed by atoms with E-state index in [1.807, 2.05) is 6.92 Å².